The van der Waals surface area contributed by atoms with E-state index in [-0.39, 0.29) is 5.75 Å². The topological polar surface area (TPSA) is 78.4 Å². The van der Waals surface area contributed by atoms with E-state index in [2.05, 4.69) is 19.6 Å². The molecular weight excluding hydrogens is 350 g/mol. The predicted octanol–water partition coefficient (Wildman–Crippen LogP) is 2.39. The minimum atomic E-state index is -3.56. The highest BCUT2D eigenvalue weighted by Crippen LogP contribution is 2.26. The lowest BCUT2D eigenvalue weighted by molar-refractivity contribution is 0.600. The van der Waals surface area contributed by atoms with Crippen LogP contribution in [0.5, 0.6) is 0 Å². The molecule has 0 radical (unpaired) electrons. The molecule has 1 aliphatic rings. The number of hydrogen-bond acceptors (Lipinski definition) is 6. The van der Waals surface area contributed by atoms with Gasteiger partial charge in [0.15, 0.2) is 5.82 Å². The van der Waals surface area contributed by atoms with Crippen molar-refractivity contribution in [1.82, 2.24) is 9.97 Å². The van der Waals surface area contributed by atoms with Crippen molar-refractivity contribution in [2.24, 2.45) is 0 Å². The van der Waals surface area contributed by atoms with Gasteiger partial charge in [-0.25, -0.2) is 13.4 Å². The minimum absolute atomic E-state index is 0.0893. The van der Waals surface area contributed by atoms with E-state index >= 15 is 0 Å². The van der Waals surface area contributed by atoms with E-state index in [4.69, 9.17) is 0 Å². The summed E-state index contributed by atoms with van der Waals surface area (Å²) in [6.07, 6.45) is 3.82. The van der Waals surface area contributed by atoms with Crippen LogP contribution in [0.4, 0.5) is 17.5 Å². The maximum atomic E-state index is 12.6. The molecule has 2 aromatic rings. The quantitative estimate of drug-likeness (QED) is 0.835. The number of aromatic nitrogens is 2. The monoisotopic (exact) mass is 375 g/mol. The third kappa shape index (κ3) is 4.43. The van der Waals surface area contributed by atoms with E-state index in [1.165, 1.54) is 0 Å². The highest BCUT2D eigenvalue weighted by Gasteiger charge is 2.20. The van der Waals surface area contributed by atoms with Gasteiger partial charge >= 0.3 is 0 Å². The maximum Gasteiger partial charge on any atom is 0.237 e. The van der Waals surface area contributed by atoms with Crippen LogP contribution in [-0.2, 0) is 15.8 Å². The summed E-state index contributed by atoms with van der Waals surface area (Å²) in [6, 6.07) is 7.47. The Morgan fingerprint density at radius 3 is 2.42 bits per heavy atom. The molecule has 2 heterocycles. The molecule has 1 aromatic heterocycles. The molecule has 0 spiro atoms. The zero-order chi connectivity index (χ0) is 18.7. The molecule has 140 valence electrons. The Morgan fingerprint density at radius 1 is 1.15 bits per heavy atom. The first kappa shape index (κ1) is 18.4. The molecule has 26 heavy (non-hydrogen) atoms. The largest absolute Gasteiger partial charge is 0.361 e. The molecule has 1 N–H and O–H groups in total. The fourth-order valence-electron chi connectivity index (χ4n) is 2.95. The average molecular weight is 375 g/mol. The highest BCUT2D eigenvalue weighted by atomic mass is 32.2. The van der Waals surface area contributed by atoms with Crippen LogP contribution in [0.3, 0.4) is 0 Å². The van der Waals surface area contributed by atoms with Crippen LogP contribution in [0.15, 0.2) is 30.5 Å². The van der Waals surface area contributed by atoms with Crippen LogP contribution >= 0.6 is 0 Å². The Hall–Kier alpha value is -2.35. The number of rotatable bonds is 6. The van der Waals surface area contributed by atoms with Gasteiger partial charge in [-0.05, 0) is 25.3 Å². The Kier molecular flexibility index (Phi) is 5.31. The summed E-state index contributed by atoms with van der Waals surface area (Å²) >= 11 is 0. The summed E-state index contributed by atoms with van der Waals surface area (Å²) in [4.78, 5) is 12.9. The first-order valence-electron chi connectivity index (χ1n) is 8.69. The Morgan fingerprint density at radius 2 is 1.81 bits per heavy atom. The zero-order valence-corrected chi connectivity index (χ0v) is 16.3. The molecule has 0 aliphatic carbocycles. The van der Waals surface area contributed by atoms with Crippen LogP contribution in [0.1, 0.15) is 24.0 Å². The summed E-state index contributed by atoms with van der Waals surface area (Å²) < 4.78 is 27.8. The van der Waals surface area contributed by atoms with Crippen molar-refractivity contribution < 1.29 is 8.42 Å². The number of nitrogens with one attached hydrogen (secondary N) is 1. The number of sulfonamides is 1. The van der Waals surface area contributed by atoms with Crippen molar-refractivity contribution in [1.29, 1.82) is 0 Å². The van der Waals surface area contributed by atoms with Gasteiger partial charge in [-0.1, -0.05) is 29.8 Å². The smallest absolute Gasteiger partial charge is 0.237 e. The van der Waals surface area contributed by atoms with Gasteiger partial charge in [0.1, 0.15) is 5.69 Å². The van der Waals surface area contributed by atoms with Crippen LogP contribution in [-0.4, -0.2) is 45.6 Å². The van der Waals surface area contributed by atoms with Crippen LogP contribution in [0, 0.1) is 6.92 Å². The summed E-state index contributed by atoms with van der Waals surface area (Å²) in [7, 11) is 0.124. The molecule has 0 amide bonds. The minimum Gasteiger partial charge on any atom is -0.361 e. The van der Waals surface area contributed by atoms with Gasteiger partial charge in [0.2, 0.25) is 16.0 Å². The molecule has 0 saturated carbocycles. The van der Waals surface area contributed by atoms with Gasteiger partial charge in [-0.2, -0.15) is 4.98 Å². The summed E-state index contributed by atoms with van der Waals surface area (Å²) in [5.41, 5.74) is 2.23. The molecule has 1 aromatic carbocycles. The Bertz CT molecular complexity index is 860. The normalized spacial score (nSPS) is 14.5. The lowest BCUT2D eigenvalue weighted by Gasteiger charge is -2.21. The van der Waals surface area contributed by atoms with Crippen LogP contribution in [0.2, 0.25) is 0 Å². The molecule has 0 bridgehead atoms. The predicted molar refractivity (Wildman–Crippen MR) is 105 cm³/mol. The number of aryl methyl sites for hydroxylation is 1. The zero-order valence-electron chi connectivity index (χ0n) is 15.4. The molecule has 3 rings (SSSR count). The number of anilines is 3. The second-order valence-electron chi connectivity index (χ2n) is 6.84. The van der Waals surface area contributed by atoms with Gasteiger partial charge in [-0.15, -0.1) is 0 Å². The molecule has 7 nitrogen and oxygen atoms in total. The SMILES string of the molecule is Cc1ccc(CS(=O)(=O)Nc2cnc(N3CCCC3)nc2N(C)C)cc1. The van der Waals surface area contributed by atoms with Crippen molar-refractivity contribution in [2.75, 3.05) is 41.7 Å². The molecule has 0 unspecified atom stereocenters. The summed E-state index contributed by atoms with van der Waals surface area (Å²) in [6.45, 7) is 3.84. The molecule has 1 aliphatic heterocycles. The van der Waals surface area contributed by atoms with Gasteiger partial charge in [0.25, 0.3) is 0 Å². The summed E-state index contributed by atoms with van der Waals surface area (Å²) in [5.74, 6) is 1.12. The maximum absolute atomic E-state index is 12.6. The second-order valence-corrected chi connectivity index (χ2v) is 8.56. The third-order valence-corrected chi connectivity index (χ3v) is 5.56. The molecular formula is C18H25N5O2S. The van der Waals surface area contributed by atoms with Gasteiger partial charge < -0.3 is 9.80 Å². The standard InChI is InChI=1S/C18H25N5O2S/c1-14-6-8-15(9-7-14)13-26(24,25)21-16-12-19-18(20-17(16)22(2)3)23-10-4-5-11-23/h6-9,12,21H,4-5,10-11,13H2,1-3H3. The van der Waals surface area contributed by atoms with Crippen molar-refractivity contribution >= 4 is 27.5 Å². The Balaban J connectivity index is 1.82. The lowest BCUT2D eigenvalue weighted by atomic mass is 10.2. The number of nitrogens with zero attached hydrogens (tertiary/aromatic N) is 4. The molecule has 1 fully saturated rings. The average Bonchev–Trinajstić information content (AvgIpc) is 3.11. The number of benzene rings is 1. The van der Waals surface area contributed by atoms with Gasteiger partial charge in [0.05, 0.1) is 11.9 Å². The lowest BCUT2D eigenvalue weighted by Crippen LogP contribution is -2.24. The first-order chi connectivity index (χ1) is 12.3. The van der Waals surface area contributed by atoms with Gasteiger partial charge in [-0.3, -0.25) is 4.72 Å². The second kappa shape index (κ2) is 7.49. The summed E-state index contributed by atoms with van der Waals surface area (Å²) in [5, 5.41) is 0. The van der Waals surface area contributed by atoms with Crippen LogP contribution in [0.25, 0.3) is 0 Å². The van der Waals surface area contributed by atoms with Crippen molar-refractivity contribution in [3.8, 4) is 0 Å². The van der Waals surface area contributed by atoms with Gasteiger partial charge in [0, 0.05) is 27.2 Å². The third-order valence-electron chi connectivity index (χ3n) is 4.31. The van der Waals surface area contributed by atoms with Crippen molar-refractivity contribution in [2.45, 2.75) is 25.5 Å². The molecule has 8 heteroatoms. The fraction of sp³-hybridized carbons (Fsp3) is 0.444. The van der Waals surface area contributed by atoms with E-state index < -0.39 is 10.0 Å². The van der Waals surface area contributed by atoms with Crippen molar-refractivity contribution in [3.63, 3.8) is 0 Å². The molecule has 1 saturated heterocycles. The van der Waals surface area contributed by atoms with E-state index in [9.17, 15) is 8.42 Å². The van der Waals surface area contributed by atoms with E-state index in [1.807, 2.05) is 45.3 Å². The first-order valence-corrected chi connectivity index (χ1v) is 10.3. The van der Waals surface area contributed by atoms with Crippen molar-refractivity contribution in [3.05, 3.63) is 41.6 Å². The van der Waals surface area contributed by atoms with E-state index in [0.717, 1.165) is 37.1 Å². The number of hydrogen-bond donors (Lipinski definition) is 1. The van der Waals surface area contributed by atoms with Crippen LogP contribution < -0.4 is 14.5 Å². The Labute approximate surface area is 155 Å². The fourth-order valence-corrected chi connectivity index (χ4v) is 4.14. The van der Waals surface area contributed by atoms with E-state index in [0.29, 0.717) is 17.5 Å². The van der Waals surface area contributed by atoms with E-state index in [1.54, 1.807) is 11.1 Å². The molecule has 0 atom stereocenters. The highest BCUT2D eigenvalue weighted by molar-refractivity contribution is 7.91.